The highest BCUT2D eigenvalue weighted by Gasteiger charge is 2.38. The Morgan fingerprint density at radius 1 is 1.69 bits per heavy atom. The molecule has 1 heterocycles. The Labute approximate surface area is 78.4 Å². The Hall–Kier alpha value is -0.610. The largest absolute Gasteiger partial charge is 0.469 e. The van der Waals surface area contributed by atoms with Crippen LogP contribution in [0.25, 0.3) is 0 Å². The average molecular weight is 187 g/mol. The third kappa shape index (κ3) is 2.19. The van der Waals surface area contributed by atoms with Crippen molar-refractivity contribution in [2.45, 2.75) is 25.3 Å². The molecular formula is C9H17NO3. The lowest BCUT2D eigenvalue weighted by Gasteiger charge is -2.36. The molecule has 0 radical (unpaired) electrons. The molecule has 4 nitrogen and oxygen atoms in total. The molecule has 4 heteroatoms. The van der Waals surface area contributed by atoms with Gasteiger partial charge in [0.15, 0.2) is 0 Å². The van der Waals surface area contributed by atoms with E-state index in [0.717, 1.165) is 19.4 Å². The maximum atomic E-state index is 11.3. The lowest BCUT2D eigenvalue weighted by molar-refractivity contribution is -0.149. The van der Waals surface area contributed by atoms with Gasteiger partial charge in [-0.25, -0.2) is 0 Å². The van der Waals surface area contributed by atoms with Gasteiger partial charge in [-0.15, -0.1) is 0 Å². The zero-order valence-corrected chi connectivity index (χ0v) is 8.21. The summed E-state index contributed by atoms with van der Waals surface area (Å²) >= 11 is 0. The van der Waals surface area contributed by atoms with Gasteiger partial charge >= 0.3 is 5.97 Å². The predicted molar refractivity (Wildman–Crippen MR) is 48.2 cm³/mol. The standard InChI is InChI=1S/C9H17NO3/c1-7(8(11)12-2)9(10)4-3-5-13-6-9/h7H,3-6,10H2,1-2H3/t7?,9-/m1/s1. The second-order valence-electron chi connectivity index (χ2n) is 3.63. The fraction of sp³-hybridized carbons (Fsp3) is 0.889. The molecule has 2 atom stereocenters. The van der Waals surface area contributed by atoms with Crippen LogP contribution in [0.2, 0.25) is 0 Å². The maximum absolute atomic E-state index is 11.3. The van der Waals surface area contributed by atoms with E-state index in [2.05, 4.69) is 4.74 Å². The Morgan fingerprint density at radius 2 is 2.38 bits per heavy atom. The Balaban J connectivity index is 2.61. The Morgan fingerprint density at radius 3 is 2.85 bits per heavy atom. The fourth-order valence-electron chi connectivity index (χ4n) is 1.59. The summed E-state index contributed by atoms with van der Waals surface area (Å²) in [7, 11) is 1.38. The van der Waals surface area contributed by atoms with Crippen LogP contribution in [0, 0.1) is 5.92 Å². The van der Waals surface area contributed by atoms with Crippen LogP contribution in [0.1, 0.15) is 19.8 Å². The molecule has 1 unspecified atom stereocenters. The molecular weight excluding hydrogens is 170 g/mol. The van der Waals surface area contributed by atoms with E-state index in [1.54, 1.807) is 6.92 Å². The van der Waals surface area contributed by atoms with Gasteiger partial charge in [0.25, 0.3) is 0 Å². The zero-order valence-electron chi connectivity index (χ0n) is 8.21. The first-order chi connectivity index (χ1) is 6.10. The molecule has 0 saturated carbocycles. The van der Waals surface area contributed by atoms with Crippen molar-refractivity contribution in [3.8, 4) is 0 Å². The van der Waals surface area contributed by atoms with E-state index in [4.69, 9.17) is 10.5 Å². The molecule has 13 heavy (non-hydrogen) atoms. The predicted octanol–water partition coefficient (Wildman–Crippen LogP) is 0.303. The molecule has 1 saturated heterocycles. The molecule has 0 aliphatic carbocycles. The highest BCUT2D eigenvalue weighted by atomic mass is 16.5. The van der Waals surface area contributed by atoms with Gasteiger partial charge in [-0.2, -0.15) is 0 Å². The third-order valence-electron chi connectivity index (χ3n) is 2.72. The summed E-state index contributed by atoms with van der Waals surface area (Å²) in [5.41, 5.74) is 5.52. The monoisotopic (exact) mass is 187 g/mol. The van der Waals surface area contributed by atoms with Crippen LogP contribution in [0.5, 0.6) is 0 Å². The highest BCUT2D eigenvalue weighted by molar-refractivity contribution is 5.73. The minimum absolute atomic E-state index is 0.256. The number of methoxy groups -OCH3 is 1. The first-order valence-corrected chi connectivity index (χ1v) is 4.54. The van der Waals surface area contributed by atoms with Gasteiger partial charge in [0.1, 0.15) is 0 Å². The minimum atomic E-state index is -0.536. The first kappa shape index (κ1) is 10.5. The summed E-state index contributed by atoms with van der Waals surface area (Å²) in [6.07, 6.45) is 1.74. The number of hydrogen-bond donors (Lipinski definition) is 1. The molecule has 0 amide bonds. The van der Waals surface area contributed by atoms with Crippen molar-refractivity contribution in [1.29, 1.82) is 0 Å². The van der Waals surface area contributed by atoms with Crippen molar-refractivity contribution in [2.75, 3.05) is 20.3 Å². The summed E-state index contributed by atoms with van der Waals surface area (Å²) in [6.45, 7) is 2.98. The molecule has 76 valence electrons. The van der Waals surface area contributed by atoms with E-state index in [0.29, 0.717) is 6.61 Å². The van der Waals surface area contributed by atoms with E-state index in [1.165, 1.54) is 7.11 Å². The average Bonchev–Trinajstić information content (AvgIpc) is 2.16. The molecule has 1 fully saturated rings. The Bertz CT molecular complexity index is 187. The van der Waals surface area contributed by atoms with E-state index in [-0.39, 0.29) is 11.9 Å². The van der Waals surface area contributed by atoms with E-state index >= 15 is 0 Å². The molecule has 2 N–H and O–H groups in total. The lowest BCUT2D eigenvalue weighted by atomic mass is 9.81. The first-order valence-electron chi connectivity index (χ1n) is 4.54. The summed E-state index contributed by atoms with van der Waals surface area (Å²) < 4.78 is 9.92. The summed E-state index contributed by atoms with van der Waals surface area (Å²) in [5, 5.41) is 0. The van der Waals surface area contributed by atoms with E-state index in [9.17, 15) is 4.79 Å². The number of hydrogen-bond acceptors (Lipinski definition) is 4. The summed E-state index contributed by atoms with van der Waals surface area (Å²) in [6, 6.07) is 0. The van der Waals surface area contributed by atoms with Gasteiger partial charge in [0.05, 0.1) is 25.2 Å². The highest BCUT2D eigenvalue weighted by Crippen LogP contribution is 2.25. The quantitative estimate of drug-likeness (QED) is 0.632. The number of rotatable bonds is 2. The molecule has 1 aliphatic rings. The lowest BCUT2D eigenvalue weighted by Crippen LogP contribution is -2.55. The molecule has 0 aromatic carbocycles. The maximum Gasteiger partial charge on any atom is 0.310 e. The van der Waals surface area contributed by atoms with Gasteiger partial charge in [-0.05, 0) is 12.8 Å². The molecule has 1 aliphatic heterocycles. The molecule has 0 bridgehead atoms. The number of nitrogens with two attached hydrogens (primary N) is 1. The zero-order chi connectivity index (χ0) is 9.90. The van der Waals surface area contributed by atoms with Crippen molar-refractivity contribution >= 4 is 5.97 Å². The second-order valence-corrected chi connectivity index (χ2v) is 3.63. The van der Waals surface area contributed by atoms with Crippen molar-refractivity contribution < 1.29 is 14.3 Å². The van der Waals surface area contributed by atoms with Crippen LogP contribution in [0.3, 0.4) is 0 Å². The Kier molecular flexibility index (Phi) is 3.27. The fourth-order valence-corrected chi connectivity index (χ4v) is 1.59. The van der Waals surface area contributed by atoms with Gasteiger partial charge in [0, 0.05) is 6.61 Å². The second kappa shape index (κ2) is 4.07. The van der Waals surface area contributed by atoms with Crippen molar-refractivity contribution in [3.63, 3.8) is 0 Å². The van der Waals surface area contributed by atoms with Crippen LogP contribution in [-0.4, -0.2) is 31.8 Å². The van der Waals surface area contributed by atoms with Gasteiger partial charge < -0.3 is 15.2 Å². The number of ether oxygens (including phenoxy) is 2. The number of carbonyl (C=O) groups is 1. The van der Waals surface area contributed by atoms with Crippen LogP contribution < -0.4 is 5.73 Å². The summed E-state index contributed by atoms with van der Waals surface area (Å²) in [5.74, 6) is -0.550. The van der Waals surface area contributed by atoms with Crippen LogP contribution in [-0.2, 0) is 14.3 Å². The van der Waals surface area contributed by atoms with Crippen molar-refractivity contribution in [3.05, 3.63) is 0 Å². The normalized spacial score (nSPS) is 31.0. The van der Waals surface area contributed by atoms with Crippen LogP contribution in [0.4, 0.5) is 0 Å². The van der Waals surface area contributed by atoms with Crippen LogP contribution in [0.15, 0.2) is 0 Å². The summed E-state index contributed by atoms with van der Waals surface area (Å²) in [4.78, 5) is 11.3. The topological polar surface area (TPSA) is 61.5 Å². The molecule has 0 aromatic rings. The van der Waals surface area contributed by atoms with Gasteiger partial charge in [-0.1, -0.05) is 6.92 Å². The molecule has 0 aromatic heterocycles. The number of esters is 1. The van der Waals surface area contributed by atoms with Gasteiger partial charge in [0.2, 0.25) is 0 Å². The third-order valence-corrected chi connectivity index (χ3v) is 2.72. The van der Waals surface area contributed by atoms with Crippen molar-refractivity contribution in [1.82, 2.24) is 0 Å². The molecule has 0 spiro atoms. The van der Waals surface area contributed by atoms with Gasteiger partial charge in [-0.3, -0.25) is 4.79 Å². The van der Waals surface area contributed by atoms with E-state index in [1.807, 2.05) is 0 Å². The van der Waals surface area contributed by atoms with Crippen LogP contribution >= 0.6 is 0 Å². The number of carbonyl (C=O) groups excluding carboxylic acids is 1. The smallest absolute Gasteiger partial charge is 0.310 e. The minimum Gasteiger partial charge on any atom is -0.469 e. The van der Waals surface area contributed by atoms with E-state index < -0.39 is 5.54 Å². The van der Waals surface area contributed by atoms with Crippen molar-refractivity contribution in [2.24, 2.45) is 11.7 Å². The SMILES string of the molecule is COC(=O)C(C)[C@@]1(N)CCCOC1. The molecule has 1 rings (SSSR count).